The van der Waals surface area contributed by atoms with Crippen LogP contribution in [-0.4, -0.2) is 34.6 Å². The Hall–Kier alpha value is -2.54. The van der Waals surface area contributed by atoms with Gasteiger partial charge in [-0.25, -0.2) is 15.0 Å². The van der Waals surface area contributed by atoms with E-state index in [0.717, 1.165) is 35.1 Å². The van der Waals surface area contributed by atoms with E-state index >= 15 is 0 Å². The molecule has 7 heteroatoms. The van der Waals surface area contributed by atoms with Gasteiger partial charge in [-0.3, -0.25) is 4.79 Å². The quantitative estimate of drug-likeness (QED) is 0.510. The van der Waals surface area contributed by atoms with Crippen LogP contribution in [0.25, 0.3) is 15.9 Å². The van der Waals surface area contributed by atoms with Gasteiger partial charge in [-0.15, -0.1) is 11.3 Å². The van der Waals surface area contributed by atoms with Crippen LogP contribution in [0.2, 0.25) is 0 Å². The zero-order chi connectivity index (χ0) is 21.0. The molecular formula is C23H23BN4OS. The summed E-state index contributed by atoms with van der Waals surface area (Å²) in [7, 11) is 6.05. The molecule has 3 aromatic rings. The molecule has 30 heavy (non-hydrogen) atoms. The fourth-order valence-corrected chi connectivity index (χ4v) is 6.00. The summed E-state index contributed by atoms with van der Waals surface area (Å²) < 4.78 is 1.19. The molecule has 0 unspecified atom stereocenters. The highest BCUT2D eigenvalue weighted by Crippen LogP contribution is 2.62. The smallest absolute Gasteiger partial charge is 0.178 e. The van der Waals surface area contributed by atoms with Gasteiger partial charge < -0.3 is 5.32 Å². The van der Waals surface area contributed by atoms with Gasteiger partial charge in [0.05, 0.1) is 26.6 Å². The molecule has 1 aromatic carbocycles. The second-order valence-electron chi connectivity index (χ2n) is 8.91. The number of fused-ring (bicyclic) bond motifs is 1. The number of benzene rings is 1. The average molecular weight is 414 g/mol. The molecule has 0 aliphatic heterocycles. The van der Waals surface area contributed by atoms with Gasteiger partial charge in [0.2, 0.25) is 0 Å². The molecular weight excluding hydrogens is 391 g/mol. The monoisotopic (exact) mass is 414 g/mol. The van der Waals surface area contributed by atoms with Gasteiger partial charge in [0.15, 0.2) is 5.78 Å². The van der Waals surface area contributed by atoms with Crippen molar-refractivity contribution in [2.24, 2.45) is 5.41 Å². The number of rotatable bonds is 5. The Morgan fingerprint density at radius 3 is 2.67 bits per heavy atom. The van der Waals surface area contributed by atoms with Gasteiger partial charge >= 0.3 is 0 Å². The van der Waals surface area contributed by atoms with Gasteiger partial charge in [0.1, 0.15) is 19.9 Å². The largest absolute Gasteiger partial charge is 0.381 e. The molecule has 0 saturated heterocycles. The number of thiazole rings is 1. The molecule has 2 radical (unpaired) electrons. The molecule has 5 nitrogen and oxygen atoms in total. The minimum atomic E-state index is -0.0674. The number of carbonyl (C=O) groups is 1. The summed E-state index contributed by atoms with van der Waals surface area (Å²) in [6.07, 6.45) is 6.11. The minimum absolute atomic E-state index is 0.0674. The van der Waals surface area contributed by atoms with E-state index in [0.29, 0.717) is 28.8 Å². The zero-order valence-electron chi connectivity index (χ0n) is 17.2. The highest BCUT2D eigenvalue weighted by molar-refractivity contribution is 7.18. The van der Waals surface area contributed by atoms with Crippen molar-refractivity contribution in [2.75, 3.05) is 0 Å². The Morgan fingerprint density at radius 2 is 1.93 bits per heavy atom. The van der Waals surface area contributed by atoms with Crippen LogP contribution in [0.3, 0.4) is 0 Å². The van der Waals surface area contributed by atoms with Crippen molar-refractivity contribution < 1.29 is 4.79 Å². The Bertz CT molecular complexity index is 1130. The van der Waals surface area contributed by atoms with Gasteiger partial charge in [-0.1, -0.05) is 17.6 Å². The van der Waals surface area contributed by atoms with E-state index in [1.165, 1.54) is 35.8 Å². The third-order valence-corrected chi connectivity index (χ3v) is 7.76. The average Bonchev–Trinajstić information content (AvgIpc) is 3.04. The summed E-state index contributed by atoms with van der Waals surface area (Å²) in [6, 6.07) is 6.26. The van der Waals surface area contributed by atoms with E-state index in [1.807, 2.05) is 6.92 Å². The first-order valence-electron chi connectivity index (χ1n) is 10.3. The molecule has 2 saturated carbocycles. The second-order valence-corrected chi connectivity index (χ2v) is 9.97. The Kier molecular flexibility index (Phi) is 4.54. The lowest BCUT2D eigenvalue weighted by molar-refractivity contribution is -0.0155. The van der Waals surface area contributed by atoms with E-state index in [-0.39, 0.29) is 5.78 Å². The molecule has 2 fully saturated rings. The Balaban J connectivity index is 1.18. The second kappa shape index (κ2) is 7.01. The van der Waals surface area contributed by atoms with Crippen molar-refractivity contribution in [3.8, 4) is 0 Å². The number of hydrogen-bond donors (Lipinski definition) is 1. The molecule has 0 amide bonds. The summed E-state index contributed by atoms with van der Waals surface area (Å²) in [5.74, 6) is 0.496. The fraction of sp³-hybridized carbons (Fsp3) is 0.391. The summed E-state index contributed by atoms with van der Waals surface area (Å²) >= 11 is 1.79. The maximum Gasteiger partial charge on any atom is 0.178 e. The van der Waals surface area contributed by atoms with Crippen molar-refractivity contribution in [3.05, 3.63) is 53.1 Å². The van der Waals surface area contributed by atoms with Crippen LogP contribution >= 0.6 is 11.3 Å². The fourth-order valence-electron chi connectivity index (χ4n) is 4.90. The Labute approximate surface area is 181 Å². The predicted octanol–water partition coefficient (Wildman–Crippen LogP) is 3.68. The summed E-state index contributed by atoms with van der Waals surface area (Å²) in [6.45, 7) is 7.65. The van der Waals surface area contributed by atoms with E-state index < -0.39 is 0 Å². The number of aryl methyl sites for hydroxylation is 1. The highest BCUT2D eigenvalue weighted by Gasteiger charge is 2.53. The lowest BCUT2D eigenvalue weighted by Crippen LogP contribution is -2.53. The Morgan fingerprint density at radius 1 is 1.20 bits per heavy atom. The third-order valence-electron chi connectivity index (χ3n) is 6.58. The van der Waals surface area contributed by atoms with Crippen LogP contribution in [0.4, 0.5) is 0 Å². The van der Waals surface area contributed by atoms with E-state index in [2.05, 4.69) is 34.0 Å². The molecule has 1 N–H and O–H groups in total. The minimum Gasteiger partial charge on any atom is -0.381 e. The van der Waals surface area contributed by atoms with E-state index in [9.17, 15) is 4.79 Å². The number of aromatic nitrogens is 3. The van der Waals surface area contributed by atoms with Gasteiger partial charge in [0.25, 0.3) is 0 Å². The predicted molar refractivity (Wildman–Crippen MR) is 121 cm³/mol. The third kappa shape index (κ3) is 3.35. The summed E-state index contributed by atoms with van der Waals surface area (Å²) in [5, 5.41) is 4.74. The number of nitrogens with one attached hydrogen (secondary N) is 1. The number of carbonyl (C=O) groups excluding carboxylic acids is 1. The van der Waals surface area contributed by atoms with Crippen molar-refractivity contribution in [2.45, 2.75) is 51.5 Å². The highest BCUT2D eigenvalue weighted by atomic mass is 32.1. The molecule has 2 aliphatic carbocycles. The van der Waals surface area contributed by atoms with Crippen molar-refractivity contribution >= 4 is 46.3 Å². The van der Waals surface area contributed by atoms with Gasteiger partial charge in [-0.2, -0.15) is 0 Å². The zero-order valence-corrected chi connectivity index (χ0v) is 18.1. The first-order valence-corrected chi connectivity index (χ1v) is 11.1. The van der Waals surface area contributed by atoms with Crippen molar-refractivity contribution in [1.29, 1.82) is 0 Å². The van der Waals surface area contributed by atoms with Crippen molar-refractivity contribution in [1.82, 2.24) is 20.3 Å². The molecule has 0 atom stereocenters. The molecule has 2 aliphatic rings. The standard InChI is InChI=1S/C23H23BN4OS/c1-12-4-20-21(5-17(12)24)30-22(28-20)15-7-23(8-15)9-16(10-23)27-13(2)18-6-19(14(3)29)26-11-25-18/h4-6,11,15-16,27H,2,7-10H2,1,3H3. The van der Waals surface area contributed by atoms with E-state index in [1.54, 1.807) is 17.4 Å². The molecule has 5 rings (SSSR count). The number of nitrogens with zero attached hydrogens (tertiary/aromatic N) is 3. The van der Waals surface area contributed by atoms with Crippen LogP contribution in [0, 0.1) is 12.3 Å². The lowest BCUT2D eigenvalue weighted by atomic mass is 9.50. The molecule has 2 heterocycles. The normalized spacial score (nSPS) is 25.0. The summed E-state index contributed by atoms with van der Waals surface area (Å²) in [5.41, 5.74) is 5.31. The van der Waals surface area contributed by atoms with Gasteiger partial charge in [-0.05, 0) is 56.2 Å². The molecule has 2 aromatic heterocycles. The lowest BCUT2D eigenvalue weighted by Gasteiger charge is -2.57. The maximum atomic E-state index is 11.5. The first kappa shape index (κ1) is 19.4. The van der Waals surface area contributed by atoms with Gasteiger partial charge in [0, 0.05) is 18.9 Å². The topological polar surface area (TPSA) is 67.8 Å². The van der Waals surface area contributed by atoms with E-state index in [4.69, 9.17) is 12.8 Å². The first-order chi connectivity index (χ1) is 14.3. The van der Waals surface area contributed by atoms with Crippen LogP contribution in [0.1, 0.15) is 65.3 Å². The SMILES string of the molecule is [B]c1cc2sc(C3CC4(CC(NC(=C)c5cc(C(C)=O)ncn5)C4)C3)nc2cc1C. The molecule has 1 spiro atoms. The van der Waals surface area contributed by atoms with Crippen molar-refractivity contribution in [3.63, 3.8) is 0 Å². The number of hydrogen-bond acceptors (Lipinski definition) is 6. The van der Waals surface area contributed by atoms with Crippen LogP contribution < -0.4 is 10.8 Å². The van der Waals surface area contributed by atoms with Crippen LogP contribution in [0.15, 0.2) is 31.1 Å². The van der Waals surface area contributed by atoms with Crippen LogP contribution in [0.5, 0.6) is 0 Å². The number of ketones is 1. The summed E-state index contributed by atoms with van der Waals surface area (Å²) in [4.78, 5) is 24.7. The molecule has 150 valence electrons. The maximum absolute atomic E-state index is 11.5. The van der Waals surface area contributed by atoms with Crippen LogP contribution in [-0.2, 0) is 0 Å². The number of Topliss-reactive ketones (excluding diaryl/α,β-unsaturated/α-hetero) is 1. The molecule has 0 bridgehead atoms.